The maximum Gasteiger partial charge on any atom is 0.190 e. The Hall–Kier alpha value is 2.00. The van der Waals surface area contributed by atoms with Crippen LogP contribution in [0.2, 0.25) is 0 Å². The average molecular weight is 380 g/mol. The second-order valence-corrected chi connectivity index (χ2v) is 10.2. The molecule has 4 nitrogen and oxygen atoms in total. The Morgan fingerprint density at radius 2 is 1.88 bits per heavy atom. The highest BCUT2D eigenvalue weighted by Crippen LogP contribution is 2.45. The van der Waals surface area contributed by atoms with Gasteiger partial charge in [0.1, 0.15) is 8.52 Å². The summed E-state index contributed by atoms with van der Waals surface area (Å²) in [5.41, 5.74) is 0. The molecule has 92 valence electrons. The molecular formula is C4H6Cl5N4P3. The lowest BCUT2D eigenvalue weighted by Gasteiger charge is -2.25. The number of hydrogen-bond donors (Lipinski definition) is 2. The largest absolute Gasteiger partial charge is 0.232 e. The summed E-state index contributed by atoms with van der Waals surface area (Å²) in [5, 5.41) is 2.94. The van der Waals surface area contributed by atoms with Crippen molar-refractivity contribution in [1.82, 2.24) is 9.95 Å². The monoisotopic (exact) mass is 378 g/mol. The smallest absolute Gasteiger partial charge is 0.190 e. The van der Waals surface area contributed by atoms with Crippen LogP contribution < -0.4 is 9.95 Å². The molecule has 2 N–H and O–H groups in total. The SMILES string of the molecule is ClC(Cl)(Cl)CCC(Cl)(Cl)NP1N=PN=PN1. The van der Waals surface area contributed by atoms with E-state index >= 15 is 0 Å². The van der Waals surface area contributed by atoms with Crippen LogP contribution in [-0.2, 0) is 0 Å². The van der Waals surface area contributed by atoms with Crippen LogP contribution >= 0.6 is 83.4 Å². The standard InChI is InChI=1S/C4H6Cl5N4P3/c5-3(6,7)1-2-4(8,9)10-16-12-14-11-15-13-16/h10H,1-2H2,(H,11,12,13). The topological polar surface area (TPSA) is 48.8 Å². The lowest BCUT2D eigenvalue weighted by atomic mass is 10.3. The van der Waals surface area contributed by atoms with E-state index in [0.717, 1.165) is 8.52 Å². The molecule has 0 fully saturated rings. The summed E-state index contributed by atoms with van der Waals surface area (Å²) in [6, 6.07) is 0. The highest BCUT2D eigenvalue weighted by Gasteiger charge is 2.32. The van der Waals surface area contributed by atoms with E-state index in [9.17, 15) is 0 Å². The number of alkyl halides is 5. The van der Waals surface area contributed by atoms with Gasteiger partial charge in [-0.05, 0) is 12.8 Å². The van der Waals surface area contributed by atoms with Crippen molar-refractivity contribution in [3.8, 4) is 0 Å². The first-order valence-corrected chi connectivity index (χ1v) is 8.70. The van der Waals surface area contributed by atoms with Gasteiger partial charge < -0.3 is 0 Å². The van der Waals surface area contributed by atoms with Crippen LogP contribution in [0.1, 0.15) is 12.8 Å². The molecule has 12 heteroatoms. The fourth-order valence-electron chi connectivity index (χ4n) is 0.717. The fourth-order valence-corrected chi connectivity index (χ4v) is 4.79. The summed E-state index contributed by atoms with van der Waals surface area (Å²) < 4.78 is 5.54. The molecule has 0 aromatic heterocycles. The van der Waals surface area contributed by atoms with Crippen molar-refractivity contribution in [2.24, 2.45) is 9.03 Å². The highest BCUT2D eigenvalue weighted by molar-refractivity contribution is 7.65. The molecule has 0 saturated heterocycles. The minimum absolute atomic E-state index is 0.251. The first-order chi connectivity index (χ1) is 7.29. The molecule has 0 saturated carbocycles. The Morgan fingerprint density at radius 1 is 1.19 bits per heavy atom. The summed E-state index contributed by atoms with van der Waals surface area (Å²) in [5.74, 6) is 0. The third-order valence-electron chi connectivity index (χ3n) is 1.35. The number of hydrogen-bond acceptors (Lipinski definition) is 4. The van der Waals surface area contributed by atoms with Gasteiger partial charge in [-0.1, -0.05) is 58.0 Å². The van der Waals surface area contributed by atoms with Crippen molar-refractivity contribution >= 4 is 83.4 Å². The quantitative estimate of drug-likeness (QED) is 0.369. The van der Waals surface area contributed by atoms with Gasteiger partial charge in [-0.15, -0.1) is 0 Å². The molecular weight excluding hydrogens is 374 g/mol. The van der Waals surface area contributed by atoms with E-state index in [0.29, 0.717) is 14.9 Å². The zero-order chi connectivity index (χ0) is 12.2. The molecule has 1 rings (SSSR count). The van der Waals surface area contributed by atoms with Crippen LogP contribution in [0.3, 0.4) is 0 Å². The molecule has 0 aliphatic carbocycles. The fraction of sp³-hybridized carbons (Fsp3) is 1.00. The number of nitrogens with one attached hydrogen (secondary N) is 2. The molecule has 0 amide bonds. The van der Waals surface area contributed by atoms with Crippen molar-refractivity contribution in [1.29, 1.82) is 0 Å². The highest BCUT2D eigenvalue weighted by atomic mass is 35.6. The summed E-state index contributed by atoms with van der Waals surface area (Å²) in [6.07, 6.45) is 0.550. The van der Waals surface area contributed by atoms with Gasteiger partial charge in [0, 0.05) is 0 Å². The lowest BCUT2D eigenvalue weighted by Crippen LogP contribution is -2.32. The maximum absolute atomic E-state index is 6.03. The van der Waals surface area contributed by atoms with E-state index in [1.54, 1.807) is 0 Å². The van der Waals surface area contributed by atoms with E-state index in [1.165, 1.54) is 0 Å². The van der Waals surface area contributed by atoms with E-state index < -0.39 is 16.6 Å². The van der Waals surface area contributed by atoms with Gasteiger partial charge in [0.25, 0.3) is 0 Å². The van der Waals surface area contributed by atoms with E-state index in [4.69, 9.17) is 58.0 Å². The third-order valence-corrected chi connectivity index (χ3v) is 6.17. The summed E-state index contributed by atoms with van der Waals surface area (Å²) in [4.78, 5) is 2.99. The lowest BCUT2D eigenvalue weighted by molar-refractivity contribution is 0.637. The molecule has 0 bridgehead atoms. The van der Waals surface area contributed by atoms with Crippen LogP contribution in [0.15, 0.2) is 9.03 Å². The molecule has 1 heterocycles. The molecule has 0 aromatic carbocycles. The Balaban J connectivity index is 2.39. The van der Waals surface area contributed by atoms with E-state index in [-0.39, 0.29) is 6.42 Å². The van der Waals surface area contributed by atoms with Crippen LogP contribution in [-0.4, -0.2) is 8.25 Å². The second-order valence-electron chi connectivity index (χ2n) is 2.71. The number of nitrogens with zero attached hydrogens (tertiary/aromatic N) is 2. The number of rotatable bonds is 4. The van der Waals surface area contributed by atoms with E-state index in [2.05, 4.69) is 19.0 Å². The first kappa shape index (κ1) is 16.1. The maximum atomic E-state index is 6.03. The predicted octanol–water partition coefficient (Wildman–Crippen LogP) is 5.78. The molecule has 1 aliphatic heterocycles. The van der Waals surface area contributed by atoms with Gasteiger partial charge in [0.2, 0.25) is 0 Å². The van der Waals surface area contributed by atoms with Crippen LogP contribution in [0.25, 0.3) is 0 Å². The van der Waals surface area contributed by atoms with Crippen molar-refractivity contribution in [3.05, 3.63) is 0 Å². The molecule has 16 heavy (non-hydrogen) atoms. The predicted molar refractivity (Wildman–Crippen MR) is 75.8 cm³/mol. The molecule has 0 spiro atoms. The average Bonchev–Trinajstić information content (AvgIpc) is 2.15. The summed E-state index contributed by atoms with van der Waals surface area (Å²) in [6.45, 7) is 0. The Labute approximate surface area is 123 Å². The molecule has 0 aromatic rings. The van der Waals surface area contributed by atoms with Gasteiger partial charge in [0.05, 0.1) is 0 Å². The molecule has 1 aliphatic rings. The van der Waals surface area contributed by atoms with Crippen molar-refractivity contribution in [2.75, 3.05) is 0 Å². The summed E-state index contributed by atoms with van der Waals surface area (Å²) >= 11 is 28.9. The van der Waals surface area contributed by atoms with Crippen molar-refractivity contribution in [3.63, 3.8) is 0 Å². The molecule has 0 radical (unpaired) electrons. The number of halogens is 5. The minimum Gasteiger partial charge on any atom is -0.232 e. The van der Waals surface area contributed by atoms with Gasteiger partial charge in [-0.25, -0.2) is 9.95 Å². The summed E-state index contributed by atoms with van der Waals surface area (Å²) in [7, 11) is 0.418. The molecule has 1 atom stereocenters. The van der Waals surface area contributed by atoms with Gasteiger partial charge in [-0.3, -0.25) is 0 Å². The van der Waals surface area contributed by atoms with Crippen LogP contribution in [0.4, 0.5) is 0 Å². The van der Waals surface area contributed by atoms with Gasteiger partial charge >= 0.3 is 0 Å². The van der Waals surface area contributed by atoms with Crippen LogP contribution in [0, 0.1) is 0 Å². The molecule has 1 unspecified atom stereocenters. The Bertz CT molecular complexity index is 292. The second kappa shape index (κ2) is 6.96. The normalized spacial score (nSPS) is 23.4. The zero-order valence-corrected chi connectivity index (χ0v) is 14.0. The van der Waals surface area contributed by atoms with Gasteiger partial charge in [-0.2, -0.15) is 9.03 Å². The Morgan fingerprint density at radius 3 is 2.38 bits per heavy atom. The minimum atomic E-state index is -1.35. The van der Waals surface area contributed by atoms with Crippen LogP contribution in [0.5, 0.6) is 0 Å². The van der Waals surface area contributed by atoms with Crippen molar-refractivity contribution in [2.45, 2.75) is 21.1 Å². The third kappa shape index (κ3) is 7.44. The Kier molecular flexibility index (Phi) is 6.99. The first-order valence-electron chi connectivity index (χ1n) is 3.87. The van der Waals surface area contributed by atoms with Gasteiger partial charge in [0.15, 0.2) is 25.1 Å². The van der Waals surface area contributed by atoms with Crippen molar-refractivity contribution < 1.29 is 0 Å². The van der Waals surface area contributed by atoms with E-state index in [1.807, 2.05) is 0 Å². The zero-order valence-electron chi connectivity index (χ0n) is 7.54.